The number of ether oxygens (including phenoxy) is 2. The van der Waals surface area contributed by atoms with Gasteiger partial charge in [-0.15, -0.1) is 13.2 Å². The molecule has 2 fully saturated rings. The molecule has 2 heterocycles. The van der Waals surface area contributed by atoms with Crippen molar-refractivity contribution in [1.82, 2.24) is 9.62 Å². The number of aliphatic hydroxyl groups is 1. The molecule has 12 heteroatoms. The van der Waals surface area contributed by atoms with Crippen LogP contribution in [0.15, 0.2) is 82.1 Å². The number of rotatable bonds is 6. The number of hydrogen-bond acceptors (Lipinski definition) is 7. The van der Waals surface area contributed by atoms with E-state index in [2.05, 4.69) is 23.6 Å². The largest absolute Gasteiger partial charge is 0.573 e. The van der Waals surface area contributed by atoms with Gasteiger partial charge in [-0.05, 0) is 61.4 Å². The number of likely N-dealkylation sites (tertiary alicyclic amines) is 1. The Morgan fingerprint density at radius 1 is 0.975 bits per heavy atom. The van der Waals surface area contributed by atoms with E-state index in [-0.39, 0.29) is 4.90 Å². The van der Waals surface area contributed by atoms with Crippen LogP contribution < -0.4 is 19.1 Å². The van der Waals surface area contributed by atoms with Gasteiger partial charge in [-0.1, -0.05) is 24.3 Å². The molecule has 1 aliphatic carbocycles. The van der Waals surface area contributed by atoms with Crippen molar-refractivity contribution >= 4 is 21.3 Å². The summed E-state index contributed by atoms with van der Waals surface area (Å²) in [6, 6.07) is 19.4. The van der Waals surface area contributed by atoms with E-state index < -0.39 is 40.2 Å². The minimum atomic E-state index is -4.83. The lowest BCUT2D eigenvalue weighted by molar-refractivity contribution is -0.274. The first-order valence-electron chi connectivity index (χ1n) is 13.0. The molecular formula is C28H29F3N4O4S. The minimum Gasteiger partial charge on any atom is -0.453 e. The molecule has 0 radical (unpaired) electrons. The first-order valence-corrected chi connectivity index (χ1v) is 14.5. The number of halogens is 3. The molecule has 2 N–H and O–H groups in total. The summed E-state index contributed by atoms with van der Waals surface area (Å²) in [5, 5.41) is 11.8. The smallest absolute Gasteiger partial charge is 0.453 e. The molecule has 40 heavy (non-hydrogen) atoms. The number of fused-ring (bicyclic) bond motifs is 2. The quantitative estimate of drug-likeness (QED) is 0.428. The van der Waals surface area contributed by atoms with E-state index in [1.807, 2.05) is 48.5 Å². The maximum absolute atomic E-state index is 14.0. The number of para-hydroxylation sites is 4. The SMILES string of the molecule is CN=S(=O)(NC1CN(C2CC2)CC(N2c3ccccc3Oc3ccccc32)C1O)c1ccc(OC(F)(F)F)cc1. The second kappa shape index (κ2) is 10.3. The monoisotopic (exact) mass is 574 g/mol. The highest BCUT2D eigenvalue weighted by molar-refractivity contribution is 7.91. The topological polar surface area (TPSA) is 86.6 Å². The lowest BCUT2D eigenvalue weighted by atomic mass is 9.94. The van der Waals surface area contributed by atoms with Crippen LogP contribution in [0.3, 0.4) is 0 Å². The van der Waals surface area contributed by atoms with Gasteiger partial charge in [-0.3, -0.25) is 4.90 Å². The fraction of sp³-hybridized carbons (Fsp3) is 0.357. The van der Waals surface area contributed by atoms with Gasteiger partial charge in [0.1, 0.15) is 15.7 Å². The Labute approximate surface area is 230 Å². The van der Waals surface area contributed by atoms with E-state index in [1.54, 1.807) is 0 Å². The molecule has 3 aromatic rings. The van der Waals surface area contributed by atoms with Crippen LogP contribution in [0.25, 0.3) is 0 Å². The molecule has 4 unspecified atom stereocenters. The first kappa shape index (κ1) is 26.9. The summed E-state index contributed by atoms with van der Waals surface area (Å²) in [5.41, 5.74) is 1.64. The van der Waals surface area contributed by atoms with Gasteiger partial charge in [-0.2, -0.15) is 0 Å². The number of nitrogens with zero attached hydrogens (tertiary/aromatic N) is 3. The van der Waals surface area contributed by atoms with Gasteiger partial charge in [0.05, 0.1) is 34.5 Å². The Kier molecular flexibility index (Phi) is 6.89. The Bertz CT molecular complexity index is 1460. The lowest BCUT2D eigenvalue weighted by Gasteiger charge is -2.48. The minimum absolute atomic E-state index is 0.193. The highest BCUT2D eigenvalue weighted by atomic mass is 32.2. The summed E-state index contributed by atoms with van der Waals surface area (Å²) in [7, 11) is -1.91. The summed E-state index contributed by atoms with van der Waals surface area (Å²) < 4.78 is 69.2. The molecule has 2 aliphatic heterocycles. The van der Waals surface area contributed by atoms with E-state index in [4.69, 9.17) is 4.74 Å². The number of alkyl halides is 3. The summed E-state index contributed by atoms with van der Waals surface area (Å²) in [6.45, 7) is 1.03. The van der Waals surface area contributed by atoms with Crippen LogP contribution in [-0.2, 0) is 9.92 Å². The maximum atomic E-state index is 14.0. The molecule has 1 saturated heterocycles. The lowest BCUT2D eigenvalue weighted by Crippen LogP contribution is -2.65. The molecule has 3 aromatic carbocycles. The fourth-order valence-corrected chi connectivity index (χ4v) is 7.06. The standard InChI is InChI=1S/C28H29F3N4O4S/c1-32-40(37,20-14-12-19(13-15-20)39-28(29,30)31)33-21-16-34(18-10-11-18)17-24(27(21)36)35-22-6-2-4-8-25(22)38-26-9-5-3-7-23(26)35/h2-9,12-15,18,21,24,27,36H,10-11,16-17H2,1H3,(H,32,33,37). The van der Waals surface area contributed by atoms with Crippen LogP contribution >= 0.6 is 0 Å². The highest BCUT2D eigenvalue weighted by Gasteiger charge is 2.46. The van der Waals surface area contributed by atoms with Crippen LogP contribution in [0.4, 0.5) is 24.5 Å². The van der Waals surface area contributed by atoms with Gasteiger partial charge in [-0.25, -0.2) is 13.3 Å². The Hall–Kier alpha value is -3.32. The first-order chi connectivity index (χ1) is 19.1. The van der Waals surface area contributed by atoms with Crippen LogP contribution in [0.5, 0.6) is 17.2 Å². The summed E-state index contributed by atoms with van der Waals surface area (Å²) >= 11 is 0. The van der Waals surface area contributed by atoms with Crippen molar-refractivity contribution in [3.63, 3.8) is 0 Å². The van der Waals surface area contributed by atoms with Crippen molar-refractivity contribution in [3.05, 3.63) is 72.8 Å². The van der Waals surface area contributed by atoms with Crippen LogP contribution in [0.2, 0.25) is 0 Å². The molecule has 4 atom stereocenters. The average Bonchev–Trinajstić information content (AvgIpc) is 3.78. The maximum Gasteiger partial charge on any atom is 0.573 e. The number of benzene rings is 3. The van der Waals surface area contributed by atoms with Gasteiger partial charge in [0.2, 0.25) is 0 Å². The zero-order valence-corrected chi connectivity index (χ0v) is 22.4. The third kappa shape index (κ3) is 5.24. The van der Waals surface area contributed by atoms with E-state index >= 15 is 0 Å². The van der Waals surface area contributed by atoms with Crippen molar-refractivity contribution < 1.29 is 32.0 Å². The van der Waals surface area contributed by atoms with Crippen molar-refractivity contribution in [2.45, 2.75) is 48.3 Å². The number of nitrogens with one attached hydrogen (secondary N) is 1. The highest BCUT2D eigenvalue weighted by Crippen LogP contribution is 2.48. The predicted octanol–water partition coefficient (Wildman–Crippen LogP) is 5.07. The molecular weight excluding hydrogens is 545 g/mol. The van der Waals surface area contributed by atoms with E-state index in [1.165, 1.54) is 19.2 Å². The van der Waals surface area contributed by atoms with Crippen molar-refractivity contribution in [1.29, 1.82) is 0 Å². The molecule has 3 aliphatic rings. The van der Waals surface area contributed by atoms with Crippen molar-refractivity contribution in [2.24, 2.45) is 4.36 Å². The molecule has 0 bridgehead atoms. The van der Waals surface area contributed by atoms with Crippen molar-refractivity contribution in [3.8, 4) is 17.2 Å². The zero-order chi connectivity index (χ0) is 28.1. The number of anilines is 2. The van der Waals surface area contributed by atoms with Crippen molar-refractivity contribution in [2.75, 3.05) is 25.0 Å². The second-order valence-electron chi connectivity index (χ2n) is 10.1. The number of piperidine rings is 1. The molecule has 0 spiro atoms. The van der Waals surface area contributed by atoms with E-state index in [9.17, 15) is 22.5 Å². The molecule has 1 saturated carbocycles. The molecule has 0 amide bonds. The summed E-state index contributed by atoms with van der Waals surface area (Å²) in [4.78, 5) is 4.58. The summed E-state index contributed by atoms with van der Waals surface area (Å²) in [5.74, 6) is 0.932. The van der Waals surface area contributed by atoms with Gasteiger partial charge < -0.3 is 19.5 Å². The van der Waals surface area contributed by atoms with E-state index in [0.29, 0.717) is 30.6 Å². The molecule has 8 nitrogen and oxygen atoms in total. The average molecular weight is 575 g/mol. The molecule has 0 aromatic heterocycles. The van der Waals surface area contributed by atoms with Crippen LogP contribution in [0.1, 0.15) is 12.8 Å². The molecule has 212 valence electrons. The Balaban J connectivity index is 1.33. The van der Waals surface area contributed by atoms with Gasteiger partial charge in [0.25, 0.3) is 0 Å². The van der Waals surface area contributed by atoms with E-state index in [0.717, 1.165) is 36.3 Å². The number of aliphatic hydroxyl groups excluding tert-OH is 1. The number of hydrogen-bond donors (Lipinski definition) is 2. The Morgan fingerprint density at radius 3 is 2.12 bits per heavy atom. The van der Waals surface area contributed by atoms with Gasteiger partial charge in [0, 0.05) is 26.2 Å². The fourth-order valence-electron chi connectivity index (χ4n) is 5.48. The molecule has 6 rings (SSSR count). The Morgan fingerprint density at radius 2 is 1.57 bits per heavy atom. The van der Waals surface area contributed by atoms with Gasteiger partial charge >= 0.3 is 6.36 Å². The van der Waals surface area contributed by atoms with Crippen LogP contribution in [0, 0.1) is 0 Å². The third-order valence-corrected chi connectivity index (χ3v) is 9.52. The third-order valence-electron chi connectivity index (χ3n) is 7.47. The predicted molar refractivity (Wildman–Crippen MR) is 144 cm³/mol. The normalized spacial score (nSPS) is 24.3. The summed E-state index contributed by atoms with van der Waals surface area (Å²) in [6.07, 6.45) is -3.72. The zero-order valence-electron chi connectivity index (χ0n) is 21.6. The van der Waals surface area contributed by atoms with Crippen LogP contribution in [-0.4, -0.2) is 64.9 Å². The van der Waals surface area contributed by atoms with Gasteiger partial charge in [0.15, 0.2) is 11.5 Å². The second-order valence-corrected chi connectivity index (χ2v) is 12.2.